The fraction of sp³-hybridized carbons (Fsp3) is 0.385. The summed E-state index contributed by atoms with van der Waals surface area (Å²) in [5, 5.41) is 18.4. The number of non-ortho nitro benzene ring substituents is 1. The van der Waals surface area contributed by atoms with Gasteiger partial charge in [0, 0.05) is 50.7 Å². The molecular weight excluding hydrogens is 470 g/mol. The highest BCUT2D eigenvalue weighted by atomic mass is 16.6. The molecule has 0 atom stereocenters. The number of anilines is 5. The third kappa shape index (κ3) is 8.41. The van der Waals surface area contributed by atoms with E-state index < -0.39 is 4.92 Å². The molecule has 3 aromatic rings. The minimum absolute atomic E-state index is 0.0162. The summed E-state index contributed by atoms with van der Waals surface area (Å²) in [5.74, 6) is 1.17. The molecule has 0 bridgehead atoms. The molecule has 0 amide bonds. The highest BCUT2D eigenvalue weighted by Crippen LogP contribution is 2.21. The van der Waals surface area contributed by atoms with Crippen LogP contribution in [-0.2, 0) is 0 Å². The first kappa shape index (κ1) is 27.3. The first-order valence-electron chi connectivity index (χ1n) is 12.5. The molecule has 3 rings (SSSR count). The predicted octanol–water partition coefficient (Wildman–Crippen LogP) is 5.44. The third-order valence-corrected chi connectivity index (χ3v) is 5.59. The average Bonchev–Trinajstić information content (AvgIpc) is 2.89. The van der Waals surface area contributed by atoms with Crippen LogP contribution in [0.2, 0.25) is 0 Å². The molecule has 1 aromatic heterocycles. The van der Waals surface area contributed by atoms with Gasteiger partial charge in [-0.15, -0.1) is 0 Å². The predicted molar refractivity (Wildman–Crippen MR) is 150 cm³/mol. The first-order valence-corrected chi connectivity index (χ1v) is 12.5. The van der Waals surface area contributed by atoms with E-state index in [0.29, 0.717) is 23.5 Å². The molecule has 0 spiro atoms. The van der Waals surface area contributed by atoms with Gasteiger partial charge in [0.1, 0.15) is 0 Å². The third-order valence-electron chi connectivity index (χ3n) is 5.59. The Bertz CT molecular complexity index is 1160. The summed E-state index contributed by atoms with van der Waals surface area (Å²) < 4.78 is 0. The van der Waals surface area contributed by atoms with Crippen molar-refractivity contribution in [2.24, 2.45) is 5.10 Å². The number of aromatic nitrogens is 3. The smallest absolute Gasteiger partial charge is 0.269 e. The number of hydrogen-bond acceptors (Lipinski definition) is 10. The van der Waals surface area contributed by atoms with Gasteiger partial charge in [-0.2, -0.15) is 20.1 Å². The van der Waals surface area contributed by atoms with E-state index in [1.54, 1.807) is 18.3 Å². The number of nitrogens with one attached hydrogen (secondary N) is 2. The van der Waals surface area contributed by atoms with Crippen LogP contribution in [-0.4, -0.2) is 53.3 Å². The molecule has 0 unspecified atom stereocenters. The molecule has 0 fully saturated rings. The zero-order valence-electron chi connectivity index (χ0n) is 21.9. The fourth-order valence-corrected chi connectivity index (χ4v) is 3.44. The lowest BCUT2D eigenvalue weighted by molar-refractivity contribution is -0.384. The normalized spacial score (nSPS) is 10.9. The number of nitro groups is 1. The van der Waals surface area contributed by atoms with Crippen molar-refractivity contribution in [2.75, 3.05) is 47.7 Å². The number of hydrazone groups is 1. The summed E-state index contributed by atoms with van der Waals surface area (Å²) in [4.78, 5) is 28.5. The van der Waals surface area contributed by atoms with Gasteiger partial charge in [0.05, 0.1) is 11.1 Å². The molecule has 1 heterocycles. The number of nitro benzene ring substituents is 1. The number of unbranched alkanes of at least 4 members (excludes halogenated alkanes) is 2. The van der Waals surface area contributed by atoms with E-state index in [1.807, 2.05) is 43.3 Å². The van der Waals surface area contributed by atoms with Crippen molar-refractivity contribution in [1.82, 2.24) is 15.0 Å². The number of hydrogen-bond donors (Lipinski definition) is 2. The fourth-order valence-electron chi connectivity index (χ4n) is 3.44. The number of benzene rings is 2. The van der Waals surface area contributed by atoms with Crippen molar-refractivity contribution in [2.45, 2.75) is 39.5 Å². The van der Waals surface area contributed by atoms with Gasteiger partial charge in [0.2, 0.25) is 17.8 Å². The zero-order chi connectivity index (χ0) is 26.6. The van der Waals surface area contributed by atoms with Crippen molar-refractivity contribution in [3.8, 4) is 0 Å². The Labute approximate surface area is 217 Å². The van der Waals surface area contributed by atoms with Gasteiger partial charge in [-0.1, -0.05) is 38.8 Å². The van der Waals surface area contributed by atoms with Gasteiger partial charge in [0.15, 0.2) is 0 Å². The van der Waals surface area contributed by atoms with Crippen molar-refractivity contribution >= 4 is 41.1 Å². The molecule has 11 nitrogen and oxygen atoms in total. The van der Waals surface area contributed by atoms with Crippen LogP contribution in [0.4, 0.5) is 34.9 Å². The Hall–Kier alpha value is -4.28. The van der Waals surface area contributed by atoms with Crippen molar-refractivity contribution < 1.29 is 4.92 Å². The van der Waals surface area contributed by atoms with E-state index in [4.69, 9.17) is 0 Å². The molecule has 11 heteroatoms. The zero-order valence-corrected chi connectivity index (χ0v) is 21.9. The Morgan fingerprint density at radius 3 is 2.11 bits per heavy atom. The standard InChI is InChI=1S/C26H35N9O2/c1-5-7-17-34(18-8-6-2)26-30-24(28-21-11-15-23(16-12-21)35(36)37)29-25(31-26)32-27-19-20-9-13-22(14-10-20)33(3)4/h9-16,19H,5-8,17-18H2,1-4H3,(H2,28,29,30,31,32)/b27-19+. The van der Waals surface area contributed by atoms with Crippen LogP contribution in [0.3, 0.4) is 0 Å². The van der Waals surface area contributed by atoms with E-state index >= 15 is 0 Å². The monoisotopic (exact) mass is 505 g/mol. The summed E-state index contributed by atoms with van der Waals surface area (Å²) in [7, 11) is 3.99. The van der Waals surface area contributed by atoms with Crippen LogP contribution in [0.15, 0.2) is 53.6 Å². The summed E-state index contributed by atoms with van der Waals surface area (Å²) in [5.41, 5.74) is 5.62. The van der Waals surface area contributed by atoms with Gasteiger partial charge < -0.3 is 15.1 Å². The summed E-state index contributed by atoms with van der Waals surface area (Å²) >= 11 is 0. The number of rotatable bonds is 14. The SMILES string of the molecule is CCCCN(CCCC)c1nc(N/N=C/c2ccc(N(C)C)cc2)nc(Nc2ccc([N+](=O)[O-])cc2)n1. The van der Waals surface area contributed by atoms with Crippen LogP contribution < -0.4 is 20.5 Å². The van der Waals surface area contributed by atoms with E-state index in [1.165, 1.54) is 12.1 Å². The lowest BCUT2D eigenvalue weighted by Crippen LogP contribution is -2.28. The average molecular weight is 506 g/mol. The van der Waals surface area contributed by atoms with E-state index in [2.05, 4.69) is 49.5 Å². The maximum absolute atomic E-state index is 11.0. The minimum Gasteiger partial charge on any atom is -0.378 e. The Morgan fingerprint density at radius 2 is 1.54 bits per heavy atom. The van der Waals surface area contributed by atoms with Gasteiger partial charge in [-0.3, -0.25) is 10.1 Å². The van der Waals surface area contributed by atoms with Crippen LogP contribution in [0, 0.1) is 10.1 Å². The molecule has 196 valence electrons. The molecule has 0 saturated heterocycles. The van der Waals surface area contributed by atoms with Gasteiger partial charge in [-0.05, 0) is 42.7 Å². The quantitative estimate of drug-likeness (QED) is 0.167. The van der Waals surface area contributed by atoms with Crippen molar-refractivity contribution in [3.63, 3.8) is 0 Å². The van der Waals surface area contributed by atoms with E-state index in [9.17, 15) is 10.1 Å². The molecule has 2 N–H and O–H groups in total. The largest absolute Gasteiger partial charge is 0.378 e. The molecule has 0 radical (unpaired) electrons. The van der Waals surface area contributed by atoms with Crippen LogP contribution >= 0.6 is 0 Å². The maximum Gasteiger partial charge on any atom is 0.269 e. The first-order chi connectivity index (χ1) is 17.9. The molecule has 37 heavy (non-hydrogen) atoms. The second-order valence-corrected chi connectivity index (χ2v) is 8.76. The summed E-state index contributed by atoms with van der Waals surface area (Å²) in [6, 6.07) is 14.1. The van der Waals surface area contributed by atoms with Gasteiger partial charge in [0.25, 0.3) is 5.69 Å². The van der Waals surface area contributed by atoms with Gasteiger partial charge >= 0.3 is 0 Å². The Morgan fingerprint density at radius 1 is 0.919 bits per heavy atom. The Kier molecular flexibility index (Phi) is 10.1. The second-order valence-electron chi connectivity index (χ2n) is 8.76. The minimum atomic E-state index is -0.432. The lowest BCUT2D eigenvalue weighted by atomic mass is 10.2. The maximum atomic E-state index is 11.0. The molecular formula is C26H35N9O2. The lowest BCUT2D eigenvalue weighted by Gasteiger charge is -2.23. The molecule has 0 aliphatic heterocycles. The number of nitrogens with zero attached hydrogens (tertiary/aromatic N) is 7. The van der Waals surface area contributed by atoms with Crippen LogP contribution in [0.5, 0.6) is 0 Å². The van der Waals surface area contributed by atoms with E-state index in [0.717, 1.165) is 50.0 Å². The summed E-state index contributed by atoms with van der Waals surface area (Å²) in [6.45, 7) is 5.97. The Balaban J connectivity index is 1.85. The van der Waals surface area contributed by atoms with Crippen LogP contribution in [0.25, 0.3) is 0 Å². The second kappa shape index (κ2) is 13.7. The molecule has 0 saturated carbocycles. The van der Waals surface area contributed by atoms with Crippen molar-refractivity contribution in [3.05, 3.63) is 64.2 Å². The van der Waals surface area contributed by atoms with Crippen molar-refractivity contribution in [1.29, 1.82) is 0 Å². The summed E-state index contributed by atoms with van der Waals surface area (Å²) in [6.07, 6.45) is 5.86. The van der Waals surface area contributed by atoms with Gasteiger partial charge in [-0.25, -0.2) is 5.43 Å². The molecule has 0 aliphatic rings. The van der Waals surface area contributed by atoms with E-state index in [-0.39, 0.29) is 5.69 Å². The molecule has 2 aromatic carbocycles. The molecule has 0 aliphatic carbocycles. The highest BCUT2D eigenvalue weighted by molar-refractivity contribution is 5.80. The van der Waals surface area contributed by atoms with Crippen LogP contribution in [0.1, 0.15) is 45.1 Å². The highest BCUT2D eigenvalue weighted by Gasteiger charge is 2.14. The topological polar surface area (TPSA) is 125 Å².